The number of hydrogen-bond acceptors (Lipinski definition) is 7. The highest BCUT2D eigenvalue weighted by Crippen LogP contribution is 2.25. The van der Waals surface area contributed by atoms with Crippen molar-refractivity contribution >= 4 is 23.5 Å². The number of anilines is 4. The van der Waals surface area contributed by atoms with Crippen LogP contribution in [0.15, 0.2) is 36.5 Å². The second kappa shape index (κ2) is 10.1. The Kier molecular flexibility index (Phi) is 6.81. The van der Waals surface area contributed by atoms with E-state index in [9.17, 15) is 4.39 Å². The zero-order valence-corrected chi connectivity index (χ0v) is 17.6. The van der Waals surface area contributed by atoms with Crippen LogP contribution in [0.1, 0.15) is 37.8 Å². The monoisotopic (exact) mass is 425 g/mol. The van der Waals surface area contributed by atoms with Crippen LogP contribution in [0.3, 0.4) is 0 Å². The van der Waals surface area contributed by atoms with Gasteiger partial charge in [-0.25, -0.2) is 4.39 Å². The highest BCUT2D eigenvalue weighted by Gasteiger charge is 2.15. The summed E-state index contributed by atoms with van der Waals surface area (Å²) in [6.07, 6.45) is 8.21. The second-order valence-corrected chi connectivity index (χ2v) is 7.71. The second-order valence-electron chi connectivity index (χ2n) is 7.71. The van der Waals surface area contributed by atoms with Crippen LogP contribution in [0.25, 0.3) is 0 Å². The van der Waals surface area contributed by atoms with Crippen molar-refractivity contribution in [2.45, 2.75) is 38.6 Å². The molecule has 2 aromatic heterocycles. The van der Waals surface area contributed by atoms with Crippen LogP contribution in [0.2, 0.25) is 0 Å². The third-order valence-electron chi connectivity index (χ3n) is 5.42. The van der Waals surface area contributed by atoms with Gasteiger partial charge in [0.2, 0.25) is 17.8 Å². The Morgan fingerprint density at radius 2 is 1.81 bits per heavy atom. The summed E-state index contributed by atoms with van der Waals surface area (Å²) in [6.45, 7) is 1.38. The number of aromatic nitrogens is 4. The molecule has 2 heterocycles. The largest absolute Gasteiger partial charge is 0.494 e. The number of methoxy groups -OCH3 is 1. The number of hydrogen-bond donors (Lipinski definition) is 4. The zero-order chi connectivity index (χ0) is 21.5. The van der Waals surface area contributed by atoms with Crippen LogP contribution in [0.4, 0.5) is 27.9 Å². The van der Waals surface area contributed by atoms with E-state index in [-0.39, 0.29) is 5.75 Å². The third-order valence-corrected chi connectivity index (χ3v) is 5.42. The summed E-state index contributed by atoms with van der Waals surface area (Å²) in [5, 5.41) is 9.64. The van der Waals surface area contributed by atoms with Crippen molar-refractivity contribution in [1.82, 2.24) is 19.9 Å². The molecule has 1 saturated carbocycles. The molecular weight excluding hydrogens is 397 g/mol. The van der Waals surface area contributed by atoms with Crippen molar-refractivity contribution in [2.24, 2.45) is 5.92 Å². The van der Waals surface area contributed by atoms with E-state index in [0.717, 1.165) is 12.2 Å². The van der Waals surface area contributed by atoms with E-state index in [1.807, 2.05) is 18.3 Å². The molecule has 0 saturated heterocycles. The molecule has 0 radical (unpaired) electrons. The van der Waals surface area contributed by atoms with Crippen molar-refractivity contribution in [2.75, 3.05) is 29.6 Å². The molecule has 1 aromatic carbocycles. The minimum absolute atomic E-state index is 0.185. The summed E-state index contributed by atoms with van der Waals surface area (Å²) in [5.41, 5.74) is 1.54. The van der Waals surface area contributed by atoms with Crippen molar-refractivity contribution in [1.29, 1.82) is 0 Å². The van der Waals surface area contributed by atoms with Crippen molar-refractivity contribution in [3.8, 4) is 5.75 Å². The number of nitrogens with zero attached hydrogens (tertiary/aromatic N) is 3. The first kappa shape index (κ1) is 20.9. The SMILES string of the molecule is COc1ccc(Nc2nc(NCc3ccc[nH]3)nc(NCC3CCCCC3)n2)cc1F. The number of halogens is 1. The lowest BCUT2D eigenvalue weighted by atomic mass is 9.89. The number of nitrogens with one attached hydrogen (secondary N) is 4. The number of ether oxygens (including phenoxy) is 1. The summed E-state index contributed by atoms with van der Waals surface area (Å²) in [5.74, 6) is 1.62. The highest BCUT2D eigenvalue weighted by atomic mass is 19.1. The lowest BCUT2D eigenvalue weighted by Gasteiger charge is -2.21. The molecule has 31 heavy (non-hydrogen) atoms. The Morgan fingerprint density at radius 3 is 2.52 bits per heavy atom. The number of benzene rings is 1. The van der Waals surface area contributed by atoms with Gasteiger partial charge in [-0.15, -0.1) is 0 Å². The molecule has 8 nitrogen and oxygen atoms in total. The quantitative estimate of drug-likeness (QED) is 0.394. The molecule has 1 aliphatic rings. The smallest absolute Gasteiger partial charge is 0.233 e. The number of aromatic amines is 1. The molecule has 0 amide bonds. The molecule has 0 aliphatic heterocycles. The fraction of sp³-hybridized carbons (Fsp3) is 0.409. The topological polar surface area (TPSA) is 99.8 Å². The van der Waals surface area contributed by atoms with Crippen molar-refractivity contribution < 1.29 is 9.13 Å². The minimum atomic E-state index is -0.456. The van der Waals surface area contributed by atoms with Gasteiger partial charge in [0, 0.05) is 30.2 Å². The lowest BCUT2D eigenvalue weighted by Crippen LogP contribution is -2.19. The maximum Gasteiger partial charge on any atom is 0.233 e. The zero-order valence-electron chi connectivity index (χ0n) is 17.6. The predicted molar refractivity (Wildman–Crippen MR) is 119 cm³/mol. The molecule has 1 fully saturated rings. The van der Waals surface area contributed by atoms with Crippen LogP contribution in [0.5, 0.6) is 5.75 Å². The van der Waals surface area contributed by atoms with Gasteiger partial charge in [-0.05, 0) is 43.0 Å². The van der Waals surface area contributed by atoms with Gasteiger partial charge in [0.1, 0.15) is 0 Å². The molecular formula is C22H28FN7O. The van der Waals surface area contributed by atoms with Gasteiger partial charge in [0.05, 0.1) is 13.7 Å². The Hall–Kier alpha value is -3.36. The molecule has 0 unspecified atom stereocenters. The Balaban J connectivity index is 1.50. The fourth-order valence-electron chi connectivity index (χ4n) is 3.74. The molecule has 9 heteroatoms. The Bertz CT molecular complexity index is 974. The molecule has 0 bridgehead atoms. The summed E-state index contributed by atoms with van der Waals surface area (Å²) >= 11 is 0. The molecule has 4 N–H and O–H groups in total. The van der Waals surface area contributed by atoms with Crippen LogP contribution >= 0.6 is 0 Å². The van der Waals surface area contributed by atoms with Gasteiger partial charge in [-0.1, -0.05) is 19.3 Å². The van der Waals surface area contributed by atoms with E-state index >= 15 is 0 Å². The van der Waals surface area contributed by atoms with E-state index in [1.54, 1.807) is 12.1 Å². The van der Waals surface area contributed by atoms with Gasteiger partial charge < -0.3 is 25.7 Å². The van der Waals surface area contributed by atoms with E-state index in [1.165, 1.54) is 45.3 Å². The van der Waals surface area contributed by atoms with Crippen LogP contribution < -0.4 is 20.7 Å². The molecule has 164 valence electrons. The van der Waals surface area contributed by atoms with E-state index < -0.39 is 5.82 Å². The predicted octanol–water partition coefficient (Wildman–Crippen LogP) is 4.70. The summed E-state index contributed by atoms with van der Waals surface area (Å²) in [6, 6.07) is 8.55. The average molecular weight is 426 g/mol. The van der Waals surface area contributed by atoms with Gasteiger partial charge in [0.25, 0.3) is 0 Å². The standard InChI is InChI=1S/C22H28FN7O/c1-31-19-10-9-16(12-18(19)23)27-22-29-20(25-13-15-6-3-2-4-7-15)28-21(30-22)26-14-17-8-5-11-24-17/h5,8-12,15,24H,2-4,6-7,13-14H2,1H3,(H3,25,26,27,28,29,30). The van der Waals surface area contributed by atoms with Gasteiger partial charge in [-0.3, -0.25) is 0 Å². The van der Waals surface area contributed by atoms with E-state index in [2.05, 4.69) is 35.9 Å². The minimum Gasteiger partial charge on any atom is -0.494 e. The first-order valence-corrected chi connectivity index (χ1v) is 10.7. The molecule has 0 atom stereocenters. The van der Waals surface area contributed by atoms with Crippen LogP contribution in [0, 0.1) is 11.7 Å². The molecule has 1 aliphatic carbocycles. The van der Waals surface area contributed by atoms with E-state index in [4.69, 9.17) is 4.74 Å². The van der Waals surface area contributed by atoms with Crippen molar-refractivity contribution in [3.63, 3.8) is 0 Å². The Labute approximate surface area is 181 Å². The summed E-state index contributed by atoms with van der Waals surface area (Å²) < 4.78 is 19.0. The maximum atomic E-state index is 14.1. The normalized spacial score (nSPS) is 14.3. The van der Waals surface area contributed by atoms with Gasteiger partial charge >= 0.3 is 0 Å². The average Bonchev–Trinajstić information content (AvgIpc) is 3.31. The first-order valence-electron chi connectivity index (χ1n) is 10.7. The number of H-pyrrole nitrogens is 1. The molecule has 3 aromatic rings. The van der Waals surface area contributed by atoms with Crippen LogP contribution in [-0.4, -0.2) is 33.6 Å². The van der Waals surface area contributed by atoms with Gasteiger partial charge in [-0.2, -0.15) is 15.0 Å². The molecule has 4 rings (SSSR count). The number of rotatable bonds is 9. The first-order chi connectivity index (χ1) is 15.2. The molecule has 0 spiro atoms. The van der Waals surface area contributed by atoms with E-state index in [0.29, 0.717) is 36.0 Å². The third kappa shape index (κ3) is 5.84. The van der Waals surface area contributed by atoms with Crippen LogP contribution in [-0.2, 0) is 6.54 Å². The highest BCUT2D eigenvalue weighted by molar-refractivity contribution is 5.57. The summed E-state index contributed by atoms with van der Waals surface area (Å²) in [7, 11) is 1.43. The maximum absolute atomic E-state index is 14.1. The summed E-state index contributed by atoms with van der Waals surface area (Å²) in [4.78, 5) is 16.6. The van der Waals surface area contributed by atoms with Crippen molar-refractivity contribution in [3.05, 3.63) is 48.0 Å². The Morgan fingerprint density at radius 1 is 1.03 bits per heavy atom. The van der Waals surface area contributed by atoms with Gasteiger partial charge in [0.15, 0.2) is 11.6 Å². The fourth-order valence-corrected chi connectivity index (χ4v) is 3.74. The lowest BCUT2D eigenvalue weighted by molar-refractivity contribution is 0.373.